The molecule has 6 nitrogen and oxygen atoms in total. The van der Waals surface area contributed by atoms with Crippen LogP contribution in [0, 0.1) is 0 Å². The van der Waals surface area contributed by atoms with Gasteiger partial charge in [-0.2, -0.15) is 8.78 Å². The van der Waals surface area contributed by atoms with Crippen molar-refractivity contribution in [3.8, 4) is 17.2 Å². The Labute approximate surface area is 162 Å². The first kappa shape index (κ1) is 21.4. The van der Waals surface area contributed by atoms with Crippen molar-refractivity contribution in [1.29, 1.82) is 0 Å². The fraction of sp³-hybridized carbons (Fsp3) is 0.350. The lowest BCUT2D eigenvalue weighted by molar-refractivity contribution is -0.0512. The molecule has 2 rings (SSSR count). The van der Waals surface area contributed by atoms with Gasteiger partial charge in [0.25, 0.3) is 5.91 Å². The maximum atomic E-state index is 12.7. The lowest BCUT2D eigenvalue weighted by Gasteiger charge is -2.19. The molecule has 2 aromatic rings. The second-order valence-corrected chi connectivity index (χ2v) is 5.89. The zero-order valence-corrected chi connectivity index (χ0v) is 16.0. The molecule has 0 heterocycles. The molecule has 0 saturated carbocycles. The quantitative estimate of drug-likeness (QED) is 0.576. The predicted octanol–water partition coefficient (Wildman–Crippen LogP) is 3.59. The van der Waals surface area contributed by atoms with E-state index in [1.54, 1.807) is 50.6 Å². The Morgan fingerprint density at radius 3 is 2.54 bits per heavy atom. The standard InChI is InChI=1S/C20H23F2NO5/c1-23(13-14-7-8-17(28-20(21)22)18(11-14)26-3)19(24)15-5-4-6-16(12-15)27-10-9-25-2/h4-8,11-12,20H,9-10,13H2,1-3H3. The number of amides is 1. The van der Waals surface area contributed by atoms with Gasteiger partial charge in [0.1, 0.15) is 12.4 Å². The maximum absolute atomic E-state index is 12.7. The Hall–Kier alpha value is -2.87. The van der Waals surface area contributed by atoms with Crippen LogP contribution in [0.1, 0.15) is 15.9 Å². The number of carbonyl (C=O) groups is 1. The van der Waals surface area contributed by atoms with E-state index in [0.717, 1.165) is 0 Å². The zero-order valence-electron chi connectivity index (χ0n) is 16.0. The summed E-state index contributed by atoms with van der Waals surface area (Å²) in [7, 11) is 4.59. The molecule has 0 aliphatic carbocycles. The highest BCUT2D eigenvalue weighted by Crippen LogP contribution is 2.30. The molecule has 0 aliphatic rings. The number of hydrogen-bond donors (Lipinski definition) is 0. The van der Waals surface area contributed by atoms with Crippen LogP contribution in [0.25, 0.3) is 0 Å². The van der Waals surface area contributed by atoms with Crippen LogP contribution in [-0.2, 0) is 11.3 Å². The van der Waals surface area contributed by atoms with Gasteiger partial charge in [-0.1, -0.05) is 12.1 Å². The number of alkyl halides is 2. The number of hydrogen-bond acceptors (Lipinski definition) is 5. The van der Waals surface area contributed by atoms with Gasteiger partial charge in [0.2, 0.25) is 0 Å². The first-order chi connectivity index (χ1) is 13.4. The largest absolute Gasteiger partial charge is 0.493 e. The average molecular weight is 395 g/mol. The van der Waals surface area contributed by atoms with Gasteiger partial charge in [-0.25, -0.2) is 0 Å². The number of nitrogens with zero attached hydrogens (tertiary/aromatic N) is 1. The highest BCUT2D eigenvalue weighted by molar-refractivity contribution is 5.94. The minimum atomic E-state index is -2.94. The molecule has 28 heavy (non-hydrogen) atoms. The van der Waals surface area contributed by atoms with E-state index < -0.39 is 6.61 Å². The molecule has 1 amide bonds. The summed E-state index contributed by atoms with van der Waals surface area (Å²) in [6.07, 6.45) is 0. The van der Waals surface area contributed by atoms with E-state index in [9.17, 15) is 13.6 Å². The highest BCUT2D eigenvalue weighted by Gasteiger charge is 2.15. The van der Waals surface area contributed by atoms with Gasteiger partial charge in [0.05, 0.1) is 13.7 Å². The molecule has 0 aliphatic heterocycles. The number of benzene rings is 2. The number of methoxy groups -OCH3 is 2. The summed E-state index contributed by atoms with van der Waals surface area (Å²) in [4.78, 5) is 14.2. The van der Waals surface area contributed by atoms with Crippen LogP contribution in [0.5, 0.6) is 17.2 Å². The molecule has 0 saturated heterocycles. The Balaban J connectivity index is 2.06. The summed E-state index contributed by atoms with van der Waals surface area (Å²) in [5.74, 6) is 0.485. The summed E-state index contributed by atoms with van der Waals surface area (Å²) in [6, 6.07) is 11.4. The molecule has 0 spiro atoms. The van der Waals surface area contributed by atoms with Crippen molar-refractivity contribution in [2.24, 2.45) is 0 Å². The van der Waals surface area contributed by atoms with Crippen LogP contribution in [0.2, 0.25) is 0 Å². The fourth-order valence-corrected chi connectivity index (χ4v) is 2.53. The second-order valence-electron chi connectivity index (χ2n) is 5.89. The number of carbonyl (C=O) groups excluding carboxylic acids is 1. The Bertz CT molecular complexity index is 785. The third kappa shape index (κ3) is 6.09. The molecule has 2 aromatic carbocycles. The predicted molar refractivity (Wildman–Crippen MR) is 99.2 cm³/mol. The zero-order chi connectivity index (χ0) is 20.5. The Morgan fingerprint density at radius 2 is 1.86 bits per heavy atom. The topological polar surface area (TPSA) is 57.2 Å². The van der Waals surface area contributed by atoms with Gasteiger partial charge in [0, 0.05) is 26.3 Å². The number of ether oxygens (including phenoxy) is 4. The molecule has 0 atom stereocenters. The van der Waals surface area contributed by atoms with E-state index in [1.165, 1.54) is 18.1 Å². The summed E-state index contributed by atoms with van der Waals surface area (Å²) in [5.41, 5.74) is 1.18. The lowest BCUT2D eigenvalue weighted by atomic mass is 10.1. The first-order valence-corrected chi connectivity index (χ1v) is 8.53. The molecule has 0 fully saturated rings. The summed E-state index contributed by atoms with van der Waals surface area (Å²) < 4.78 is 44.8. The van der Waals surface area contributed by atoms with E-state index in [0.29, 0.717) is 30.1 Å². The summed E-state index contributed by atoms with van der Waals surface area (Å²) in [6.45, 7) is -1.84. The van der Waals surface area contributed by atoms with Crippen LogP contribution in [0.4, 0.5) is 8.78 Å². The molecule has 0 unspecified atom stereocenters. The third-order valence-corrected chi connectivity index (χ3v) is 3.85. The summed E-state index contributed by atoms with van der Waals surface area (Å²) in [5, 5.41) is 0. The second kappa shape index (κ2) is 10.5. The van der Waals surface area contributed by atoms with Crippen LogP contribution in [0.3, 0.4) is 0 Å². The number of halogens is 2. The van der Waals surface area contributed by atoms with E-state index in [-0.39, 0.29) is 24.0 Å². The van der Waals surface area contributed by atoms with Crippen molar-refractivity contribution < 1.29 is 32.5 Å². The van der Waals surface area contributed by atoms with Crippen molar-refractivity contribution >= 4 is 5.91 Å². The van der Waals surface area contributed by atoms with Gasteiger partial charge < -0.3 is 23.8 Å². The maximum Gasteiger partial charge on any atom is 0.387 e. The van der Waals surface area contributed by atoms with Crippen molar-refractivity contribution in [2.45, 2.75) is 13.2 Å². The van der Waals surface area contributed by atoms with Gasteiger partial charge in [-0.15, -0.1) is 0 Å². The lowest BCUT2D eigenvalue weighted by Crippen LogP contribution is -2.26. The molecule has 152 valence electrons. The minimum Gasteiger partial charge on any atom is -0.493 e. The van der Waals surface area contributed by atoms with Crippen molar-refractivity contribution in [1.82, 2.24) is 4.90 Å². The van der Waals surface area contributed by atoms with E-state index in [2.05, 4.69) is 4.74 Å². The average Bonchev–Trinajstić information content (AvgIpc) is 2.68. The van der Waals surface area contributed by atoms with Crippen molar-refractivity contribution in [3.63, 3.8) is 0 Å². The van der Waals surface area contributed by atoms with Crippen molar-refractivity contribution in [3.05, 3.63) is 53.6 Å². The molecule has 8 heteroatoms. The van der Waals surface area contributed by atoms with Gasteiger partial charge in [0.15, 0.2) is 11.5 Å². The van der Waals surface area contributed by atoms with Gasteiger partial charge in [-0.05, 0) is 35.9 Å². The van der Waals surface area contributed by atoms with Gasteiger partial charge in [-0.3, -0.25) is 4.79 Å². The molecule has 0 aromatic heterocycles. The highest BCUT2D eigenvalue weighted by atomic mass is 19.3. The molecular formula is C20H23F2NO5. The smallest absolute Gasteiger partial charge is 0.387 e. The molecule has 0 bridgehead atoms. The van der Waals surface area contributed by atoms with Crippen LogP contribution < -0.4 is 14.2 Å². The normalized spacial score (nSPS) is 10.6. The molecule has 0 N–H and O–H groups in total. The fourth-order valence-electron chi connectivity index (χ4n) is 2.53. The summed E-state index contributed by atoms with van der Waals surface area (Å²) >= 11 is 0. The monoisotopic (exact) mass is 395 g/mol. The number of rotatable bonds is 10. The van der Waals surface area contributed by atoms with E-state index >= 15 is 0 Å². The van der Waals surface area contributed by atoms with E-state index in [4.69, 9.17) is 14.2 Å². The van der Waals surface area contributed by atoms with E-state index in [1.807, 2.05) is 0 Å². The minimum absolute atomic E-state index is 0.0591. The Kier molecular flexibility index (Phi) is 8.01. The van der Waals surface area contributed by atoms with Crippen LogP contribution in [0.15, 0.2) is 42.5 Å². The molecular weight excluding hydrogens is 372 g/mol. The van der Waals surface area contributed by atoms with Gasteiger partial charge >= 0.3 is 6.61 Å². The SMILES string of the molecule is COCCOc1cccc(C(=O)N(C)Cc2ccc(OC(F)F)c(OC)c2)c1. The third-order valence-electron chi connectivity index (χ3n) is 3.85. The van der Waals surface area contributed by atoms with Crippen molar-refractivity contribution in [2.75, 3.05) is 34.5 Å². The molecule has 0 radical (unpaired) electrons. The van der Waals surface area contributed by atoms with Crippen LogP contribution in [-0.4, -0.2) is 51.9 Å². The van der Waals surface area contributed by atoms with Crippen LogP contribution >= 0.6 is 0 Å². The first-order valence-electron chi connectivity index (χ1n) is 8.53. The Morgan fingerprint density at radius 1 is 1.07 bits per heavy atom.